The van der Waals surface area contributed by atoms with Gasteiger partial charge in [0.05, 0.1) is 4.92 Å². The second-order valence-electron chi connectivity index (χ2n) is 6.96. The highest BCUT2D eigenvalue weighted by Crippen LogP contribution is 2.39. The van der Waals surface area contributed by atoms with Crippen LogP contribution in [-0.4, -0.2) is 19.4 Å². The van der Waals surface area contributed by atoms with Crippen molar-refractivity contribution < 1.29 is 13.3 Å². The Balaban J connectivity index is 2.27. The largest absolute Gasteiger partial charge is 0.289 e. The fourth-order valence-electron chi connectivity index (χ4n) is 3.55. The van der Waals surface area contributed by atoms with Gasteiger partial charge in [0.2, 0.25) is 10.0 Å². The standard InChI is InChI=1S/C15H22N2O4S/c1-11-8-12(10-15(2,3)9-11)16-22(20,21)14-7-5-4-6-13(14)17(18)19/h4-7,11-12,16H,8-10H2,1-3H3. The van der Waals surface area contributed by atoms with Crippen molar-refractivity contribution in [1.82, 2.24) is 4.72 Å². The van der Waals surface area contributed by atoms with Gasteiger partial charge in [0.25, 0.3) is 5.69 Å². The van der Waals surface area contributed by atoms with Gasteiger partial charge in [0, 0.05) is 12.1 Å². The Morgan fingerprint density at radius 2 is 1.91 bits per heavy atom. The molecule has 6 nitrogen and oxygen atoms in total. The molecule has 1 aromatic rings. The van der Waals surface area contributed by atoms with Crippen molar-refractivity contribution in [3.63, 3.8) is 0 Å². The minimum atomic E-state index is -3.90. The summed E-state index contributed by atoms with van der Waals surface area (Å²) in [6.45, 7) is 6.34. The number of benzene rings is 1. The molecule has 122 valence electrons. The number of nitrogens with one attached hydrogen (secondary N) is 1. The first-order valence-electron chi connectivity index (χ1n) is 7.36. The van der Waals surface area contributed by atoms with Gasteiger partial charge in [-0.2, -0.15) is 0 Å². The summed E-state index contributed by atoms with van der Waals surface area (Å²) in [7, 11) is -3.90. The maximum atomic E-state index is 12.5. The monoisotopic (exact) mass is 326 g/mol. The highest BCUT2D eigenvalue weighted by molar-refractivity contribution is 7.89. The average molecular weight is 326 g/mol. The number of para-hydroxylation sites is 1. The zero-order valence-corrected chi connectivity index (χ0v) is 13.9. The molecular formula is C15H22N2O4S. The summed E-state index contributed by atoms with van der Waals surface area (Å²) < 4.78 is 27.7. The fraction of sp³-hybridized carbons (Fsp3) is 0.600. The molecular weight excluding hydrogens is 304 g/mol. The number of nitrogens with zero attached hydrogens (tertiary/aromatic N) is 1. The Hall–Kier alpha value is -1.47. The van der Waals surface area contributed by atoms with E-state index >= 15 is 0 Å². The van der Waals surface area contributed by atoms with Gasteiger partial charge < -0.3 is 0 Å². The molecule has 1 saturated carbocycles. The zero-order valence-electron chi connectivity index (χ0n) is 13.1. The molecule has 7 heteroatoms. The van der Waals surface area contributed by atoms with Gasteiger partial charge in [-0.05, 0) is 36.7 Å². The quantitative estimate of drug-likeness (QED) is 0.680. The molecule has 0 heterocycles. The van der Waals surface area contributed by atoms with Crippen molar-refractivity contribution in [2.45, 2.75) is 51.0 Å². The first-order valence-corrected chi connectivity index (χ1v) is 8.85. The molecule has 2 rings (SSSR count). The number of sulfonamides is 1. The number of hydrogen-bond acceptors (Lipinski definition) is 4. The lowest BCUT2D eigenvalue weighted by Crippen LogP contribution is -2.43. The van der Waals surface area contributed by atoms with E-state index in [4.69, 9.17) is 0 Å². The molecule has 1 fully saturated rings. The van der Waals surface area contributed by atoms with Gasteiger partial charge >= 0.3 is 0 Å². The van der Waals surface area contributed by atoms with Crippen molar-refractivity contribution in [2.75, 3.05) is 0 Å². The summed E-state index contributed by atoms with van der Waals surface area (Å²) in [6.07, 6.45) is 2.54. The van der Waals surface area contributed by atoms with Gasteiger partial charge in [-0.25, -0.2) is 13.1 Å². The maximum Gasteiger partial charge on any atom is 0.289 e. The summed E-state index contributed by atoms with van der Waals surface area (Å²) in [5.74, 6) is 0.419. The average Bonchev–Trinajstić information content (AvgIpc) is 2.35. The predicted molar refractivity (Wildman–Crippen MR) is 84.0 cm³/mol. The van der Waals surface area contributed by atoms with Crippen LogP contribution < -0.4 is 4.72 Å². The van der Waals surface area contributed by atoms with Gasteiger partial charge in [-0.15, -0.1) is 0 Å². The van der Waals surface area contributed by atoms with Crippen LogP contribution in [0.1, 0.15) is 40.0 Å². The van der Waals surface area contributed by atoms with E-state index in [-0.39, 0.29) is 16.4 Å². The Bertz CT molecular complexity index is 670. The fourth-order valence-corrected chi connectivity index (χ4v) is 4.97. The van der Waals surface area contributed by atoms with E-state index < -0.39 is 20.6 Å². The van der Waals surface area contributed by atoms with Crippen LogP contribution >= 0.6 is 0 Å². The lowest BCUT2D eigenvalue weighted by Gasteiger charge is -2.39. The third-order valence-electron chi connectivity index (χ3n) is 4.06. The van der Waals surface area contributed by atoms with E-state index in [9.17, 15) is 18.5 Å². The maximum absolute atomic E-state index is 12.5. The molecule has 0 saturated heterocycles. The van der Waals surface area contributed by atoms with E-state index in [1.54, 1.807) is 0 Å². The second kappa shape index (κ2) is 5.96. The molecule has 0 aromatic heterocycles. The topological polar surface area (TPSA) is 89.3 Å². The summed E-state index contributed by atoms with van der Waals surface area (Å²) in [6, 6.07) is 5.25. The molecule has 1 aliphatic carbocycles. The molecule has 1 N–H and O–H groups in total. The van der Waals surface area contributed by atoms with Crippen LogP contribution in [-0.2, 0) is 10.0 Å². The molecule has 0 radical (unpaired) electrons. The number of hydrogen-bond donors (Lipinski definition) is 1. The summed E-state index contributed by atoms with van der Waals surface area (Å²) >= 11 is 0. The van der Waals surface area contributed by atoms with Crippen LogP contribution in [0.15, 0.2) is 29.2 Å². The van der Waals surface area contributed by atoms with E-state index in [2.05, 4.69) is 25.5 Å². The smallest absolute Gasteiger partial charge is 0.258 e. The van der Waals surface area contributed by atoms with E-state index in [1.165, 1.54) is 24.3 Å². The summed E-state index contributed by atoms with van der Waals surface area (Å²) in [4.78, 5) is 10.1. The molecule has 0 aliphatic heterocycles. The molecule has 2 atom stereocenters. The first-order chi connectivity index (χ1) is 10.1. The highest BCUT2D eigenvalue weighted by atomic mass is 32.2. The van der Waals surface area contributed by atoms with Crippen molar-refractivity contribution in [1.29, 1.82) is 0 Å². The molecule has 0 amide bonds. The summed E-state index contributed by atoms with van der Waals surface area (Å²) in [5, 5.41) is 11.0. The van der Waals surface area contributed by atoms with Crippen LogP contribution in [0.25, 0.3) is 0 Å². The van der Waals surface area contributed by atoms with E-state index in [0.29, 0.717) is 5.92 Å². The number of rotatable bonds is 4. The van der Waals surface area contributed by atoms with Crippen LogP contribution in [0.2, 0.25) is 0 Å². The van der Waals surface area contributed by atoms with Crippen LogP contribution in [0.4, 0.5) is 5.69 Å². The lowest BCUT2D eigenvalue weighted by atomic mass is 9.71. The number of nitro benzene ring substituents is 1. The highest BCUT2D eigenvalue weighted by Gasteiger charge is 2.35. The number of nitro groups is 1. The third kappa shape index (κ3) is 3.84. The van der Waals surface area contributed by atoms with Crippen molar-refractivity contribution in [3.8, 4) is 0 Å². The molecule has 0 bridgehead atoms. The Morgan fingerprint density at radius 3 is 2.50 bits per heavy atom. The van der Waals surface area contributed by atoms with Gasteiger partial charge in [-0.1, -0.05) is 32.9 Å². The van der Waals surface area contributed by atoms with Crippen molar-refractivity contribution in [2.24, 2.45) is 11.3 Å². The van der Waals surface area contributed by atoms with Crippen LogP contribution in [0.5, 0.6) is 0 Å². The molecule has 1 aliphatic rings. The van der Waals surface area contributed by atoms with Crippen LogP contribution in [0, 0.1) is 21.4 Å². The van der Waals surface area contributed by atoms with Gasteiger partial charge in [-0.3, -0.25) is 10.1 Å². The van der Waals surface area contributed by atoms with Gasteiger partial charge in [0.1, 0.15) is 0 Å². The lowest BCUT2D eigenvalue weighted by molar-refractivity contribution is -0.387. The molecule has 2 unspecified atom stereocenters. The molecule has 0 spiro atoms. The Labute approximate surface area is 131 Å². The Kier molecular flexibility index (Phi) is 4.58. The molecule has 22 heavy (non-hydrogen) atoms. The summed E-state index contributed by atoms with van der Waals surface area (Å²) in [5.41, 5.74) is -0.328. The SMILES string of the molecule is CC1CC(NS(=O)(=O)c2ccccc2[N+](=O)[O-])CC(C)(C)C1. The van der Waals surface area contributed by atoms with Crippen LogP contribution in [0.3, 0.4) is 0 Å². The normalized spacial score (nSPS) is 24.9. The Morgan fingerprint density at radius 1 is 1.27 bits per heavy atom. The second-order valence-corrected chi connectivity index (χ2v) is 8.64. The predicted octanol–water partition coefficient (Wildman–Crippen LogP) is 3.09. The molecule has 1 aromatic carbocycles. The third-order valence-corrected chi connectivity index (χ3v) is 5.63. The van der Waals surface area contributed by atoms with E-state index in [1.807, 2.05) is 0 Å². The van der Waals surface area contributed by atoms with E-state index in [0.717, 1.165) is 19.3 Å². The minimum absolute atomic E-state index is 0.0630. The minimum Gasteiger partial charge on any atom is -0.258 e. The van der Waals surface area contributed by atoms with Crippen molar-refractivity contribution in [3.05, 3.63) is 34.4 Å². The zero-order chi connectivity index (χ0) is 16.5. The van der Waals surface area contributed by atoms with Crippen molar-refractivity contribution >= 4 is 15.7 Å². The van der Waals surface area contributed by atoms with Gasteiger partial charge in [0.15, 0.2) is 4.90 Å². The first kappa shape index (κ1) is 16.9.